The molecule has 0 amide bonds. The van der Waals surface area contributed by atoms with Crippen molar-refractivity contribution in [3.05, 3.63) is 86.6 Å². The number of benzene rings is 1. The normalized spacial score (nSPS) is 11.1. The standard InChI is InChI=1S/C20H19FN6O2/c1-25-17-16(18(28)26(2)20(25)29)27(12-14-7-3-4-8-15(14)21)19(24-17)23-11-13-6-5-9-22-10-13/h3-10H,11-12H2,1-2H3,(H,23,24). The van der Waals surface area contributed by atoms with E-state index >= 15 is 0 Å². The molecule has 0 aliphatic heterocycles. The Bertz CT molecular complexity index is 1310. The topological polar surface area (TPSA) is 86.7 Å². The number of nitrogens with zero attached hydrogens (tertiary/aromatic N) is 5. The summed E-state index contributed by atoms with van der Waals surface area (Å²) in [4.78, 5) is 33.7. The Kier molecular flexibility index (Phi) is 4.71. The second kappa shape index (κ2) is 7.34. The van der Waals surface area contributed by atoms with Gasteiger partial charge in [0.2, 0.25) is 5.95 Å². The van der Waals surface area contributed by atoms with E-state index < -0.39 is 11.2 Å². The van der Waals surface area contributed by atoms with Crippen LogP contribution in [0.5, 0.6) is 0 Å². The molecule has 0 fully saturated rings. The summed E-state index contributed by atoms with van der Waals surface area (Å²) in [5, 5.41) is 3.18. The first-order valence-corrected chi connectivity index (χ1v) is 9.00. The molecule has 4 aromatic rings. The highest BCUT2D eigenvalue weighted by atomic mass is 19.1. The maximum atomic E-state index is 14.3. The molecule has 3 aromatic heterocycles. The number of aromatic nitrogens is 5. The predicted molar refractivity (Wildman–Crippen MR) is 107 cm³/mol. The molecular formula is C20H19FN6O2. The van der Waals surface area contributed by atoms with Crippen molar-refractivity contribution in [3.63, 3.8) is 0 Å². The monoisotopic (exact) mass is 394 g/mol. The molecule has 29 heavy (non-hydrogen) atoms. The van der Waals surface area contributed by atoms with Crippen LogP contribution in [0.25, 0.3) is 11.2 Å². The van der Waals surface area contributed by atoms with Gasteiger partial charge in [-0.15, -0.1) is 0 Å². The molecule has 3 heterocycles. The second-order valence-corrected chi connectivity index (χ2v) is 6.71. The van der Waals surface area contributed by atoms with Gasteiger partial charge in [-0.3, -0.25) is 23.5 Å². The summed E-state index contributed by atoms with van der Waals surface area (Å²) in [6.07, 6.45) is 3.39. The minimum atomic E-state index is -0.485. The van der Waals surface area contributed by atoms with Crippen LogP contribution in [0.4, 0.5) is 10.3 Å². The molecule has 0 aliphatic carbocycles. The fourth-order valence-corrected chi connectivity index (χ4v) is 3.22. The number of pyridine rings is 1. The van der Waals surface area contributed by atoms with Crippen molar-refractivity contribution >= 4 is 17.1 Å². The lowest BCUT2D eigenvalue weighted by atomic mass is 10.2. The van der Waals surface area contributed by atoms with E-state index in [1.54, 1.807) is 42.2 Å². The summed E-state index contributed by atoms with van der Waals surface area (Å²) in [6, 6.07) is 10.1. The third-order valence-corrected chi connectivity index (χ3v) is 4.81. The van der Waals surface area contributed by atoms with Crippen LogP contribution >= 0.6 is 0 Å². The molecule has 0 saturated heterocycles. The third-order valence-electron chi connectivity index (χ3n) is 4.81. The minimum Gasteiger partial charge on any atom is -0.351 e. The first-order chi connectivity index (χ1) is 14.0. The largest absolute Gasteiger partial charge is 0.351 e. The molecule has 1 N–H and O–H groups in total. The molecule has 9 heteroatoms. The number of hydrogen-bond donors (Lipinski definition) is 1. The highest BCUT2D eigenvalue weighted by Gasteiger charge is 2.20. The van der Waals surface area contributed by atoms with E-state index in [4.69, 9.17) is 0 Å². The van der Waals surface area contributed by atoms with E-state index in [-0.39, 0.29) is 23.5 Å². The number of imidazole rings is 1. The molecule has 0 spiro atoms. The number of anilines is 1. The van der Waals surface area contributed by atoms with Crippen molar-refractivity contribution in [2.75, 3.05) is 5.32 Å². The smallest absolute Gasteiger partial charge is 0.332 e. The fraction of sp³-hybridized carbons (Fsp3) is 0.200. The first kappa shape index (κ1) is 18.6. The Labute approximate surface area is 164 Å². The van der Waals surface area contributed by atoms with Crippen LogP contribution in [0, 0.1) is 5.82 Å². The molecule has 148 valence electrons. The lowest BCUT2D eigenvalue weighted by molar-refractivity contribution is 0.601. The average molecular weight is 394 g/mol. The van der Waals surface area contributed by atoms with Crippen LogP contribution in [0.2, 0.25) is 0 Å². The van der Waals surface area contributed by atoms with Gasteiger partial charge in [0.1, 0.15) is 5.82 Å². The zero-order valence-electron chi connectivity index (χ0n) is 16.0. The molecule has 8 nitrogen and oxygen atoms in total. The molecule has 0 bridgehead atoms. The number of halogens is 1. The van der Waals surface area contributed by atoms with Gasteiger partial charge in [-0.2, -0.15) is 4.98 Å². The first-order valence-electron chi connectivity index (χ1n) is 9.00. The van der Waals surface area contributed by atoms with Crippen molar-refractivity contribution < 1.29 is 4.39 Å². The quantitative estimate of drug-likeness (QED) is 0.556. The number of fused-ring (bicyclic) bond motifs is 1. The zero-order valence-corrected chi connectivity index (χ0v) is 16.0. The highest BCUT2D eigenvalue weighted by molar-refractivity contribution is 5.74. The predicted octanol–water partition coefficient (Wildman–Crippen LogP) is 1.63. The molecule has 0 atom stereocenters. The van der Waals surface area contributed by atoms with Crippen LogP contribution in [-0.2, 0) is 27.2 Å². The lowest BCUT2D eigenvalue weighted by Gasteiger charge is -2.11. The molecule has 1 aromatic carbocycles. The van der Waals surface area contributed by atoms with Crippen LogP contribution in [-0.4, -0.2) is 23.7 Å². The molecule has 0 aliphatic rings. The Morgan fingerprint density at radius 1 is 1.07 bits per heavy atom. The van der Waals surface area contributed by atoms with Gasteiger partial charge in [0.15, 0.2) is 11.2 Å². The average Bonchev–Trinajstić information content (AvgIpc) is 3.10. The van der Waals surface area contributed by atoms with Crippen LogP contribution in [0.15, 0.2) is 58.4 Å². The van der Waals surface area contributed by atoms with E-state index in [1.807, 2.05) is 12.1 Å². The maximum Gasteiger partial charge on any atom is 0.332 e. The maximum absolute atomic E-state index is 14.3. The second-order valence-electron chi connectivity index (χ2n) is 6.71. The Morgan fingerprint density at radius 3 is 2.59 bits per heavy atom. The molecule has 4 rings (SSSR count). The summed E-state index contributed by atoms with van der Waals surface area (Å²) in [6.45, 7) is 0.495. The van der Waals surface area contributed by atoms with Gasteiger partial charge in [0.25, 0.3) is 5.56 Å². The minimum absolute atomic E-state index is 0.0893. The van der Waals surface area contributed by atoms with Crippen molar-refractivity contribution in [2.24, 2.45) is 14.1 Å². The summed E-state index contributed by atoms with van der Waals surface area (Å²) in [7, 11) is 2.96. The molecule has 0 saturated carbocycles. The van der Waals surface area contributed by atoms with E-state index in [1.165, 1.54) is 17.7 Å². The Balaban J connectivity index is 1.88. The number of aryl methyl sites for hydroxylation is 1. The Morgan fingerprint density at radius 2 is 1.86 bits per heavy atom. The summed E-state index contributed by atoms with van der Waals surface area (Å²) >= 11 is 0. The van der Waals surface area contributed by atoms with Crippen LogP contribution in [0.1, 0.15) is 11.1 Å². The fourth-order valence-electron chi connectivity index (χ4n) is 3.22. The number of nitrogens with one attached hydrogen (secondary N) is 1. The summed E-state index contributed by atoms with van der Waals surface area (Å²) in [5.41, 5.74) is 0.832. The van der Waals surface area contributed by atoms with Gasteiger partial charge in [-0.05, 0) is 17.7 Å². The van der Waals surface area contributed by atoms with Crippen molar-refractivity contribution in [3.8, 4) is 0 Å². The van der Waals surface area contributed by atoms with Crippen molar-refractivity contribution in [1.82, 2.24) is 23.7 Å². The summed E-state index contributed by atoms with van der Waals surface area (Å²) < 4.78 is 18.2. The van der Waals surface area contributed by atoms with Crippen molar-refractivity contribution in [2.45, 2.75) is 13.1 Å². The van der Waals surface area contributed by atoms with Crippen LogP contribution < -0.4 is 16.6 Å². The van der Waals surface area contributed by atoms with Gasteiger partial charge in [0, 0.05) is 38.6 Å². The zero-order chi connectivity index (χ0) is 20.5. The summed E-state index contributed by atoms with van der Waals surface area (Å²) in [5.74, 6) is -0.0143. The molecule has 0 radical (unpaired) electrons. The van der Waals surface area contributed by atoms with E-state index in [9.17, 15) is 14.0 Å². The van der Waals surface area contributed by atoms with E-state index in [0.717, 1.165) is 10.1 Å². The van der Waals surface area contributed by atoms with E-state index in [0.29, 0.717) is 18.1 Å². The van der Waals surface area contributed by atoms with Gasteiger partial charge in [-0.25, -0.2) is 9.18 Å². The number of hydrogen-bond acceptors (Lipinski definition) is 5. The molecule has 0 unspecified atom stereocenters. The van der Waals surface area contributed by atoms with Gasteiger partial charge in [0.05, 0.1) is 6.54 Å². The molecular weight excluding hydrogens is 375 g/mol. The van der Waals surface area contributed by atoms with Gasteiger partial charge in [-0.1, -0.05) is 24.3 Å². The van der Waals surface area contributed by atoms with Gasteiger partial charge >= 0.3 is 5.69 Å². The van der Waals surface area contributed by atoms with Crippen molar-refractivity contribution in [1.29, 1.82) is 0 Å². The third kappa shape index (κ3) is 3.31. The SMILES string of the molecule is Cn1c(=O)c2c(nc(NCc3cccnc3)n2Cc2ccccc2F)n(C)c1=O. The van der Waals surface area contributed by atoms with Gasteiger partial charge < -0.3 is 5.32 Å². The number of rotatable bonds is 5. The lowest BCUT2D eigenvalue weighted by Crippen LogP contribution is -2.37. The Hall–Kier alpha value is -3.75. The van der Waals surface area contributed by atoms with E-state index in [2.05, 4.69) is 15.3 Å². The van der Waals surface area contributed by atoms with Crippen LogP contribution in [0.3, 0.4) is 0 Å². The highest BCUT2D eigenvalue weighted by Crippen LogP contribution is 2.19.